The molecule has 128 valence electrons. The second-order valence-electron chi connectivity index (χ2n) is 5.53. The number of carbonyl (C=O) groups excluding carboxylic acids is 1. The van der Waals surface area contributed by atoms with Gasteiger partial charge in [-0.2, -0.15) is 0 Å². The topological polar surface area (TPSA) is 91.4 Å². The summed E-state index contributed by atoms with van der Waals surface area (Å²) in [7, 11) is 0. The van der Waals surface area contributed by atoms with Crippen LogP contribution in [-0.4, -0.2) is 22.4 Å². The van der Waals surface area contributed by atoms with E-state index >= 15 is 0 Å². The fourth-order valence-electron chi connectivity index (χ4n) is 2.59. The van der Waals surface area contributed by atoms with Crippen molar-refractivity contribution in [3.05, 3.63) is 69.5 Å². The SMILES string of the molecule is Cc1cc(CN2N=NN(c3ccc(F)cc3)C2C=O)ccc1[N+](=O)[O-]. The second kappa shape index (κ2) is 6.63. The van der Waals surface area contributed by atoms with Crippen LogP contribution in [0.1, 0.15) is 11.1 Å². The number of nitrogens with zero attached hydrogens (tertiary/aromatic N) is 5. The van der Waals surface area contributed by atoms with Gasteiger partial charge in [-0.05, 0) is 48.0 Å². The molecule has 9 heteroatoms. The van der Waals surface area contributed by atoms with Crippen molar-refractivity contribution < 1.29 is 14.1 Å². The minimum Gasteiger partial charge on any atom is -0.299 e. The third-order valence-electron chi connectivity index (χ3n) is 3.82. The lowest BCUT2D eigenvalue weighted by molar-refractivity contribution is -0.385. The smallest absolute Gasteiger partial charge is 0.272 e. The molecule has 0 amide bonds. The summed E-state index contributed by atoms with van der Waals surface area (Å²) in [4.78, 5) is 21.9. The quantitative estimate of drug-likeness (QED) is 0.472. The summed E-state index contributed by atoms with van der Waals surface area (Å²) < 4.78 is 13.0. The number of benzene rings is 2. The third kappa shape index (κ3) is 3.30. The Morgan fingerprint density at radius 2 is 1.96 bits per heavy atom. The first-order valence-corrected chi connectivity index (χ1v) is 7.42. The normalized spacial score (nSPS) is 16.3. The molecule has 3 rings (SSSR count). The highest BCUT2D eigenvalue weighted by Crippen LogP contribution is 2.27. The van der Waals surface area contributed by atoms with Crippen LogP contribution in [0, 0.1) is 22.9 Å². The molecule has 0 aliphatic carbocycles. The maximum atomic E-state index is 13.0. The van der Waals surface area contributed by atoms with Crippen molar-refractivity contribution in [2.75, 3.05) is 5.01 Å². The lowest BCUT2D eigenvalue weighted by Gasteiger charge is -2.23. The molecule has 1 atom stereocenters. The number of carbonyl (C=O) groups is 1. The molecule has 0 aromatic heterocycles. The van der Waals surface area contributed by atoms with E-state index in [1.165, 1.54) is 40.3 Å². The van der Waals surface area contributed by atoms with E-state index in [0.717, 1.165) is 5.56 Å². The first kappa shape index (κ1) is 16.5. The molecule has 1 heterocycles. The summed E-state index contributed by atoms with van der Waals surface area (Å²) in [6.07, 6.45) is -0.0947. The standard InChI is InChI=1S/C16H14FN5O3/c1-11-8-12(2-7-15(11)22(24)25)9-20-16(10-23)21(19-18-20)14-5-3-13(17)4-6-14/h2-8,10,16H,9H2,1H3. The van der Waals surface area contributed by atoms with Gasteiger partial charge < -0.3 is 0 Å². The Balaban J connectivity index is 1.78. The second-order valence-corrected chi connectivity index (χ2v) is 5.53. The highest BCUT2D eigenvalue weighted by Gasteiger charge is 2.30. The van der Waals surface area contributed by atoms with E-state index in [4.69, 9.17) is 0 Å². The van der Waals surface area contributed by atoms with E-state index in [1.54, 1.807) is 19.1 Å². The van der Waals surface area contributed by atoms with E-state index in [-0.39, 0.29) is 18.0 Å². The van der Waals surface area contributed by atoms with E-state index in [1.807, 2.05) is 0 Å². The van der Waals surface area contributed by atoms with Crippen LogP contribution < -0.4 is 5.01 Å². The maximum Gasteiger partial charge on any atom is 0.272 e. The molecule has 1 aliphatic heterocycles. The molecule has 0 bridgehead atoms. The molecule has 2 aromatic rings. The van der Waals surface area contributed by atoms with Crippen LogP contribution in [-0.2, 0) is 11.3 Å². The minimum absolute atomic E-state index is 0.0340. The van der Waals surface area contributed by atoms with Crippen molar-refractivity contribution in [1.29, 1.82) is 0 Å². The Kier molecular flexibility index (Phi) is 4.38. The lowest BCUT2D eigenvalue weighted by Crippen LogP contribution is -2.39. The van der Waals surface area contributed by atoms with Gasteiger partial charge in [0.15, 0.2) is 12.5 Å². The Bertz CT molecular complexity index is 840. The van der Waals surface area contributed by atoms with Crippen LogP contribution in [0.2, 0.25) is 0 Å². The number of hydrogen-bond donors (Lipinski definition) is 0. The van der Waals surface area contributed by atoms with Crippen molar-refractivity contribution >= 4 is 17.7 Å². The van der Waals surface area contributed by atoms with Gasteiger partial charge >= 0.3 is 0 Å². The Morgan fingerprint density at radius 1 is 1.24 bits per heavy atom. The van der Waals surface area contributed by atoms with Crippen molar-refractivity contribution in [3.8, 4) is 0 Å². The lowest BCUT2D eigenvalue weighted by atomic mass is 10.1. The first-order chi connectivity index (χ1) is 12.0. The predicted molar refractivity (Wildman–Crippen MR) is 87.0 cm³/mol. The number of rotatable bonds is 5. The highest BCUT2D eigenvalue weighted by atomic mass is 19.1. The maximum absolute atomic E-state index is 13.0. The molecule has 1 aliphatic rings. The van der Waals surface area contributed by atoms with Crippen LogP contribution in [0.25, 0.3) is 0 Å². The fourth-order valence-corrected chi connectivity index (χ4v) is 2.59. The summed E-state index contributed by atoms with van der Waals surface area (Å²) >= 11 is 0. The Morgan fingerprint density at radius 3 is 2.56 bits per heavy atom. The summed E-state index contributed by atoms with van der Waals surface area (Å²) in [5.41, 5.74) is 1.85. The molecule has 25 heavy (non-hydrogen) atoms. The predicted octanol–water partition coefficient (Wildman–Crippen LogP) is 3.17. The van der Waals surface area contributed by atoms with Crippen molar-refractivity contribution in [1.82, 2.24) is 5.01 Å². The van der Waals surface area contributed by atoms with Crippen LogP contribution in [0.5, 0.6) is 0 Å². The third-order valence-corrected chi connectivity index (χ3v) is 3.82. The monoisotopic (exact) mass is 343 g/mol. The van der Waals surface area contributed by atoms with Gasteiger partial charge in [-0.3, -0.25) is 14.9 Å². The van der Waals surface area contributed by atoms with Gasteiger partial charge in [-0.1, -0.05) is 11.3 Å². The van der Waals surface area contributed by atoms with Crippen molar-refractivity contribution in [2.45, 2.75) is 19.6 Å². The molecule has 2 aromatic carbocycles. The molecular formula is C16H14FN5O3. The molecule has 8 nitrogen and oxygen atoms in total. The minimum atomic E-state index is -0.777. The average Bonchev–Trinajstić information content (AvgIpc) is 2.98. The van der Waals surface area contributed by atoms with Crippen LogP contribution in [0.15, 0.2) is 52.9 Å². The number of nitro groups is 1. The van der Waals surface area contributed by atoms with Crippen LogP contribution >= 0.6 is 0 Å². The number of hydrogen-bond acceptors (Lipinski definition) is 7. The van der Waals surface area contributed by atoms with E-state index < -0.39 is 11.1 Å². The summed E-state index contributed by atoms with van der Waals surface area (Å²) in [5.74, 6) is -0.388. The van der Waals surface area contributed by atoms with Gasteiger partial charge in [0.1, 0.15) is 5.82 Å². The number of aldehydes is 1. The first-order valence-electron chi connectivity index (χ1n) is 7.42. The highest BCUT2D eigenvalue weighted by molar-refractivity contribution is 5.65. The van der Waals surface area contributed by atoms with Gasteiger partial charge in [0.05, 0.1) is 17.2 Å². The van der Waals surface area contributed by atoms with Gasteiger partial charge in [0.25, 0.3) is 5.69 Å². The Labute approximate surface area is 142 Å². The van der Waals surface area contributed by atoms with E-state index in [2.05, 4.69) is 10.4 Å². The fraction of sp³-hybridized carbons (Fsp3) is 0.188. The molecular weight excluding hydrogens is 329 g/mol. The van der Waals surface area contributed by atoms with Crippen molar-refractivity contribution in [3.63, 3.8) is 0 Å². The zero-order valence-electron chi connectivity index (χ0n) is 13.2. The van der Waals surface area contributed by atoms with E-state index in [9.17, 15) is 19.3 Å². The van der Waals surface area contributed by atoms with Crippen molar-refractivity contribution in [2.24, 2.45) is 10.4 Å². The molecule has 0 saturated carbocycles. The molecule has 0 spiro atoms. The molecule has 1 unspecified atom stereocenters. The van der Waals surface area contributed by atoms with E-state index in [0.29, 0.717) is 17.5 Å². The Hall–Kier alpha value is -3.36. The van der Waals surface area contributed by atoms with Gasteiger partial charge in [-0.15, -0.1) is 0 Å². The van der Waals surface area contributed by atoms with Gasteiger partial charge in [-0.25, -0.2) is 14.4 Å². The molecule has 0 saturated heterocycles. The summed E-state index contributed by atoms with van der Waals surface area (Å²) in [6, 6.07) is 10.3. The molecule has 0 fully saturated rings. The number of anilines is 1. The van der Waals surface area contributed by atoms with Gasteiger partial charge in [0.2, 0.25) is 0 Å². The zero-order valence-corrected chi connectivity index (χ0v) is 13.2. The van der Waals surface area contributed by atoms with Gasteiger partial charge in [0, 0.05) is 11.6 Å². The zero-order chi connectivity index (χ0) is 18.0. The van der Waals surface area contributed by atoms with Crippen LogP contribution in [0.4, 0.5) is 15.8 Å². The number of aryl methyl sites for hydroxylation is 1. The number of nitro benzene ring substituents is 1. The number of halogens is 1. The van der Waals surface area contributed by atoms with Crippen LogP contribution in [0.3, 0.4) is 0 Å². The largest absolute Gasteiger partial charge is 0.299 e. The summed E-state index contributed by atoms with van der Waals surface area (Å²) in [5, 5.41) is 21.6. The molecule has 0 N–H and O–H groups in total. The average molecular weight is 343 g/mol. The summed E-state index contributed by atoms with van der Waals surface area (Å²) in [6.45, 7) is 1.90. The molecule has 0 radical (unpaired) electrons.